The molecule has 12 nitrogen and oxygen atoms in total. The van der Waals surface area contributed by atoms with Crippen LogP contribution in [-0.4, -0.2) is 82.4 Å². The molecule has 0 saturated heterocycles. The first-order valence-electron chi connectivity index (χ1n) is 55.3. The van der Waals surface area contributed by atoms with Crippen molar-refractivity contribution in [3.05, 3.63) is 83.4 Å². The van der Waals surface area contributed by atoms with Crippen LogP contribution in [0, 0.1) is 130 Å². The van der Waals surface area contributed by atoms with Gasteiger partial charge in [-0.05, 0) is 259 Å². The molecule has 0 radical (unpaired) electrons. The first-order valence-corrected chi connectivity index (χ1v) is 55.3. The van der Waals surface area contributed by atoms with E-state index in [0.717, 1.165) is 80.1 Å². The molecular weight excluding hydrogens is 1780 g/mol. The predicted molar refractivity (Wildman–Crippen MR) is 645 cm³/mol. The Kier molecular flexibility index (Phi) is 93.0. The molecule has 4 rings (SSSR count). The average molecular weight is 2050 g/mol. The number of esters is 4. The van der Waals surface area contributed by atoms with Crippen LogP contribution in [0.1, 0.15) is 557 Å². The molecule has 4 atom stereocenters. The van der Waals surface area contributed by atoms with E-state index in [9.17, 15) is 24.0 Å². The monoisotopic (exact) mass is 2040 g/mol. The summed E-state index contributed by atoms with van der Waals surface area (Å²) in [4.78, 5) is 57.2. The highest BCUT2D eigenvalue weighted by Gasteiger charge is 2.33. The van der Waals surface area contributed by atoms with Gasteiger partial charge >= 0.3 is 30.0 Å². The SMILES string of the molecule is C.C.C.C.C=CCC(C)(C)C.CC(C)(C)C1CCCCC1.CC(C)(C)COC(=O)C(C)(C)C.CC(C)(C)Cc1ccccc1.CC(C)(C)c1ccc2c(c1)CCC2.CC(C)C(C(C)C)C(C)(C)C.CC(C)CC(C)(C)C.CC(C)OC(=O)OC(C)C(C)(C)C.CCC(CC)C(=O)OCC(C)(C)C.CCOC(=O)C(CC(=O)OCC(C)(C)C)C(C)C.CC[C@@H](C)C(C)(C)C.CC[C@H](C)C(C)(C)C.COCCC(C)(C)C. The van der Waals surface area contributed by atoms with Crippen molar-refractivity contribution in [1.82, 2.24) is 0 Å². The van der Waals surface area contributed by atoms with Gasteiger partial charge in [-0.3, -0.25) is 19.2 Å². The van der Waals surface area contributed by atoms with Crippen LogP contribution in [-0.2, 0) is 77.0 Å². The minimum Gasteiger partial charge on any atom is -0.466 e. The first-order chi connectivity index (χ1) is 62.5. The van der Waals surface area contributed by atoms with Crippen molar-refractivity contribution in [1.29, 1.82) is 0 Å². The zero-order chi connectivity index (χ0) is 113. The molecule has 0 spiro atoms. The number of allylic oxidation sites excluding steroid dienone is 1. The molecule has 2 unspecified atom stereocenters. The molecule has 0 amide bonds. The van der Waals surface area contributed by atoms with Crippen molar-refractivity contribution in [2.45, 2.75) is 572 Å². The summed E-state index contributed by atoms with van der Waals surface area (Å²) in [5.41, 5.74) is 9.85. The Balaban J connectivity index is -0.000000118. The molecule has 2 aromatic carbocycles. The van der Waals surface area contributed by atoms with Crippen LogP contribution >= 0.6 is 0 Å². The Morgan fingerprint density at radius 3 is 1.08 bits per heavy atom. The van der Waals surface area contributed by atoms with E-state index in [0.29, 0.717) is 75.2 Å². The van der Waals surface area contributed by atoms with Gasteiger partial charge in [0.2, 0.25) is 0 Å². The largest absolute Gasteiger partial charge is 0.508 e. The lowest BCUT2D eigenvalue weighted by atomic mass is 9.69. The highest BCUT2D eigenvalue weighted by molar-refractivity contribution is 5.80. The minimum atomic E-state index is -0.586. The predicted octanol–water partition coefficient (Wildman–Crippen LogP) is 42.2. The Morgan fingerprint density at radius 2 is 0.826 bits per heavy atom. The Hall–Kier alpha value is -4.71. The highest BCUT2D eigenvalue weighted by Crippen LogP contribution is 2.40. The average Bonchev–Trinajstić information content (AvgIpc) is 1.67. The quantitative estimate of drug-likeness (QED) is 0.0627. The van der Waals surface area contributed by atoms with E-state index in [2.05, 4.69) is 332 Å². The van der Waals surface area contributed by atoms with Gasteiger partial charge in [0.05, 0.1) is 56.2 Å². The van der Waals surface area contributed by atoms with Crippen molar-refractivity contribution in [3.63, 3.8) is 0 Å². The topological polar surface area (TPSA) is 150 Å². The second kappa shape index (κ2) is 80.2. The van der Waals surface area contributed by atoms with Crippen LogP contribution in [0.2, 0.25) is 0 Å². The van der Waals surface area contributed by atoms with Gasteiger partial charge in [0.1, 0.15) is 6.10 Å². The fraction of sp³-hybridized carbons (Fsp3) is 0.856. The lowest BCUT2D eigenvalue weighted by Crippen LogP contribution is -2.29. The van der Waals surface area contributed by atoms with Crippen LogP contribution in [0.5, 0.6) is 0 Å². The zero-order valence-electron chi connectivity index (χ0n) is 106. The van der Waals surface area contributed by atoms with Crippen LogP contribution in [0.3, 0.4) is 0 Å². The molecule has 0 N–H and O–H groups in total. The minimum absolute atomic E-state index is 0. The lowest BCUT2D eigenvalue weighted by Gasteiger charge is -2.37. The van der Waals surface area contributed by atoms with Crippen molar-refractivity contribution in [2.75, 3.05) is 40.1 Å². The summed E-state index contributed by atoms with van der Waals surface area (Å²) >= 11 is 0. The Bertz CT molecular complexity index is 3340. The molecule has 12 heteroatoms. The Labute approximate surface area is 906 Å². The van der Waals surface area contributed by atoms with Crippen molar-refractivity contribution < 1.29 is 57.1 Å². The standard InChI is InChI=1S/C14H26O4.C13H18.C11H22O2.C11H16.C11H24.C10H20O3.C10H20O2.C10H20.3C8H18.C7H16O.C7H14.4CH4/c1-7-17-13(16)11(10(2)3)8-12(15)18-9-14(4,5)6;1-13(2,3)12-8-7-10-5-4-6-11(10)9-12;1-6-9(7-2)10(12)13-8-11(3,4)5;1-11(2,3)9-10-7-5-4-6-8-10;1-8(2)10(9(3)4)11(5,6)7;1-7(2)12-9(11)13-8(3)10(4,5)6;1-9(2,3)7-12-8(11)10(4,5)6;1-10(2,3)9-7-5-4-6-8-9;1-7(2)6-8(3,4)5;2*1-6-7(2)8(3,4)5;1-7(2,3)5-6-8-4;1-5-6-7(2,3)4;;;;/h10-11H,7-9H2,1-6H3;7-9H,4-6H2,1-3H3;9H,6-8H2,1-5H3;4-8H,9H2,1-3H3;8-10H,1-7H3;7-8H,1-6H3;7H2,1-6H3;9H,4-8H2,1-3H3;3*7H,6H2,1-5H3;5-6H2,1-4H3;5H,1,6H2,2-4H3;4*1H4/t;;;;;;;;;2*7-;;;;;;/m.........10....../s1. The van der Waals surface area contributed by atoms with Gasteiger partial charge < -0.3 is 33.2 Å². The molecule has 0 bridgehead atoms. The van der Waals surface area contributed by atoms with E-state index < -0.39 is 12.1 Å². The molecule has 866 valence electrons. The number of fused-ring (bicyclic) bond motifs is 1. The second-order valence-electron chi connectivity index (χ2n) is 57.9. The summed E-state index contributed by atoms with van der Waals surface area (Å²) in [5, 5.41) is 0. The summed E-state index contributed by atoms with van der Waals surface area (Å²) in [7, 11) is 1.74. The molecule has 0 heterocycles. The molecule has 0 aliphatic heterocycles. The number of rotatable bonds is 22. The number of hydrogen-bond donors (Lipinski definition) is 0. The van der Waals surface area contributed by atoms with Crippen molar-refractivity contribution in [3.8, 4) is 0 Å². The van der Waals surface area contributed by atoms with E-state index >= 15 is 0 Å². The van der Waals surface area contributed by atoms with Gasteiger partial charge in [0.25, 0.3) is 0 Å². The van der Waals surface area contributed by atoms with Crippen LogP contribution < -0.4 is 0 Å². The van der Waals surface area contributed by atoms with Gasteiger partial charge in [-0.2, -0.15) is 0 Å². The number of ether oxygens (including phenoxy) is 7. The molecule has 2 aliphatic carbocycles. The number of methoxy groups -OCH3 is 1. The van der Waals surface area contributed by atoms with Crippen LogP contribution in [0.15, 0.2) is 61.2 Å². The van der Waals surface area contributed by atoms with E-state index in [1.54, 1.807) is 39.0 Å². The molecular formula is C132H266O12. The molecule has 144 heavy (non-hydrogen) atoms. The third kappa shape index (κ3) is 110. The number of carbonyl (C=O) groups is 5. The molecule has 1 fully saturated rings. The maximum Gasteiger partial charge on any atom is 0.508 e. The normalized spacial score (nSPS) is 13.8. The van der Waals surface area contributed by atoms with E-state index in [-0.39, 0.29) is 111 Å². The molecule has 2 aromatic rings. The Morgan fingerprint density at radius 1 is 0.417 bits per heavy atom. The third-order valence-corrected chi connectivity index (χ3v) is 24.3. The smallest absolute Gasteiger partial charge is 0.466 e. The van der Waals surface area contributed by atoms with Gasteiger partial charge in [0.15, 0.2) is 0 Å². The molecule has 0 aromatic heterocycles. The molecule has 1 saturated carbocycles. The van der Waals surface area contributed by atoms with Crippen molar-refractivity contribution >= 4 is 30.0 Å². The van der Waals surface area contributed by atoms with Gasteiger partial charge in [-0.25, -0.2) is 4.79 Å². The summed E-state index contributed by atoms with van der Waals surface area (Å²) in [6.45, 7) is 136. The fourth-order valence-electron chi connectivity index (χ4n) is 14.7. The fourth-order valence-corrected chi connectivity index (χ4v) is 14.7. The lowest BCUT2D eigenvalue weighted by molar-refractivity contribution is -0.157. The van der Waals surface area contributed by atoms with Gasteiger partial charge in [0, 0.05) is 13.7 Å². The number of hydrogen-bond acceptors (Lipinski definition) is 12. The number of benzene rings is 2. The van der Waals surface area contributed by atoms with E-state index in [1.807, 2.05) is 124 Å². The second-order valence-corrected chi connectivity index (χ2v) is 57.9. The number of carbonyl (C=O) groups excluding carboxylic acids is 5. The van der Waals surface area contributed by atoms with E-state index in [1.165, 1.54) is 81.8 Å². The summed E-state index contributed by atoms with van der Waals surface area (Å²) in [6, 6.07) is 17.7. The number of aryl methyl sites for hydroxylation is 2. The van der Waals surface area contributed by atoms with Gasteiger partial charge in [-0.15, -0.1) is 6.58 Å². The first kappa shape index (κ1) is 167. The van der Waals surface area contributed by atoms with Crippen molar-refractivity contribution in [2.24, 2.45) is 130 Å². The van der Waals surface area contributed by atoms with E-state index in [4.69, 9.17) is 33.2 Å². The zero-order valence-corrected chi connectivity index (χ0v) is 106. The summed E-state index contributed by atoms with van der Waals surface area (Å²) in [6.07, 6.45) is 21.6. The highest BCUT2D eigenvalue weighted by atomic mass is 16.7. The summed E-state index contributed by atoms with van der Waals surface area (Å²) in [5.74, 6) is 4.88. The van der Waals surface area contributed by atoms with Crippen LogP contribution in [0.25, 0.3) is 0 Å². The summed E-state index contributed by atoms with van der Waals surface area (Å²) < 4.78 is 35.3. The molecule has 2 aliphatic rings. The van der Waals surface area contributed by atoms with Gasteiger partial charge in [-0.1, -0.05) is 483 Å². The maximum absolute atomic E-state index is 11.7. The maximum atomic E-state index is 11.7. The third-order valence-electron chi connectivity index (χ3n) is 24.3. The van der Waals surface area contributed by atoms with Crippen LogP contribution in [0.4, 0.5) is 4.79 Å².